The Kier molecular flexibility index (Phi) is 7.35. The molecule has 9 heteroatoms. The van der Waals surface area contributed by atoms with Crippen LogP contribution in [0.3, 0.4) is 0 Å². The quantitative estimate of drug-likeness (QED) is 0.397. The molecule has 1 aromatic rings. The Labute approximate surface area is 223 Å². The van der Waals surface area contributed by atoms with Crippen molar-refractivity contribution in [3.05, 3.63) is 41.4 Å². The van der Waals surface area contributed by atoms with Crippen LogP contribution in [0.5, 0.6) is 0 Å². The molecular weight excluding hydrogens is 494 g/mol. The predicted molar refractivity (Wildman–Crippen MR) is 140 cm³/mol. The number of nitrogens with one attached hydrogen (secondary N) is 2. The fourth-order valence-corrected chi connectivity index (χ4v) is 6.82. The van der Waals surface area contributed by atoms with E-state index in [4.69, 9.17) is 21.1 Å². The Morgan fingerprint density at radius 1 is 1.19 bits per heavy atom. The number of carbonyl (C=O) groups is 3. The molecule has 3 fully saturated rings. The second kappa shape index (κ2) is 10.4. The molecule has 8 nitrogen and oxygen atoms in total. The van der Waals surface area contributed by atoms with E-state index in [9.17, 15) is 14.4 Å². The summed E-state index contributed by atoms with van der Waals surface area (Å²) in [5, 5.41) is 6.75. The zero-order chi connectivity index (χ0) is 26.3. The number of likely N-dealkylation sites (tertiary alicyclic amines) is 1. The van der Waals surface area contributed by atoms with Crippen molar-refractivity contribution in [3.8, 4) is 0 Å². The molecule has 1 saturated carbocycles. The van der Waals surface area contributed by atoms with E-state index in [0.717, 1.165) is 19.3 Å². The van der Waals surface area contributed by atoms with Gasteiger partial charge in [-0.2, -0.15) is 0 Å². The maximum Gasteiger partial charge on any atom is 0.246 e. The second-order valence-corrected chi connectivity index (χ2v) is 11.4. The summed E-state index contributed by atoms with van der Waals surface area (Å²) < 4.78 is 11.6. The highest BCUT2D eigenvalue weighted by Gasteiger charge is 2.72. The summed E-state index contributed by atoms with van der Waals surface area (Å²) in [4.78, 5) is 42.9. The highest BCUT2D eigenvalue weighted by atomic mass is 35.5. The molecule has 4 aliphatic rings. The minimum Gasteiger partial charge on any atom is -0.385 e. The highest BCUT2D eigenvalue weighted by Crippen LogP contribution is 2.55. The van der Waals surface area contributed by atoms with Gasteiger partial charge in [0.05, 0.1) is 17.9 Å². The molecule has 1 aromatic carbocycles. The first-order chi connectivity index (χ1) is 17.8. The summed E-state index contributed by atoms with van der Waals surface area (Å²) in [6.07, 6.45) is 6.84. The molecule has 0 aromatic heterocycles. The normalized spacial score (nSPS) is 36.1. The van der Waals surface area contributed by atoms with Crippen molar-refractivity contribution in [2.24, 2.45) is 23.7 Å². The lowest BCUT2D eigenvalue weighted by Crippen LogP contribution is -2.58. The van der Waals surface area contributed by atoms with Gasteiger partial charge in [0.25, 0.3) is 0 Å². The summed E-state index contributed by atoms with van der Waals surface area (Å²) in [7, 11) is 1.61. The van der Waals surface area contributed by atoms with E-state index in [0.29, 0.717) is 42.1 Å². The van der Waals surface area contributed by atoms with Gasteiger partial charge in [-0.05, 0) is 48.9 Å². The van der Waals surface area contributed by atoms with Crippen LogP contribution in [-0.4, -0.2) is 66.7 Å². The zero-order valence-corrected chi connectivity index (χ0v) is 22.4. The third-order valence-electron chi connectivity index (χ3n) is 8.82. The van der Waals surface area contributed by atoms with E-state index < -0.39 is 29.6 Å². The molecule has 0 radical (unpaired) electrons. The van der Waals surface area contributed by atoms with E-state index in [2.05, 4.69) is 24.5 Å². The molecule has 37 heavy (non-hydrogen) atoms. The largest absolute Gasteiger partial charge is 0.385 e. The van der Waals surface area contributed by atoms with Crippen LogP contribution in [-0.2, 0) is 23.9 Å². The number of rotatable bonds is 8. The third-order valence-corrected chi connectivity index (χ3v) is 9.07. The van der Waals surface area contributed by atoms with Gasteiger partial charge in [-0.3, -0.25) is 14.4 Å². The molecular formula is C28H36ClN3O5. The number of benzene rings is 1. The fourth-order valence-electron chi connectivity index (χ4n) is 6.69. The number of amides is 3. The molecule has 1 aliphatic carbocycles. The van der Waals surface area contributed by atoms with E-state index in [-0.39, 0.29) is 23.8 Å². The summed E-state index contributed by atoms with van der Waals surface area (Å²) in [6, 6.07) is 6.05. The Balaban J connectivity index is 1.42. The number of anilines is 1. The minimum absolute atomic E-state index is 0.0502. The smallest absolute Gasteiger partial charge is 0.246 e. The van der Waals surface area contributed by atoms with Gasteiger partial charge in [0, 0.05) is 37.0 Å². The van der Waals surface area contributed by atoms with Crippen LogP contribution in [0.4, 0.5) is 5.69 Å². The molecule has 5 rings (SSSR count). The Hall–Kier alpha value is -2.42. The summed E-state index contributed by atoms with van der Waals surface area (Å²) >= 11 is 5.98. The number of halogens is 1. The summed E-state index contributed by atoms with van der Waals surface area (Å²) in [5.41, 5.74) is -0.572. The Morgan fingerprint density at radius 2 is 1.95 bits per heavy atom. The first kappa shape index (κ1) is 26.2. The van der Waals surface area contributed by atoms with Gasteiger partial charge in [-0.1, -0.05) is 50.4 Å². The molecule has 8 atom stereocenters. The number of fused-ring (bicyclic) bond motifs is 1. The van der Waals surface area contributed by atoms with Crippen molar-refractivity contribution in [2.75, 3.05) is 25.6 Å². The maximum atomic E-state index is 13.9. The lowest BCUT2D eigenvalue weighted by molar-refractivity contribution is -0.141. The van der Waals surface area contributed by atoms with Crippen LogP contribution in [0.25, 0.3) is 0 Å². The minimum atomic E-state index is -1.16. The van der Waals surface area contributed by atoms with Crippen LogP contribution in [0.1, 0.15) is 39.5 Å². The Bertz CT molecular complexity index is 1080. The monoisotopic (exact) mass is 529 g/mol. The molecule has 1 spiro atoms. The van der Waals surface area contributed by atoms with Gasteiger partial charge in [0.2, 0.25) is 17.7 Å². The van der Waals surface area contributed by atoms with Crippen LogP contribution < -0.4 is 10.6 Å². The lowest BCUT2D eigenvalue weighted by atomic mass is 9.73. The van der Waals surface area contributed by atoms with E-state index >= 15 is 0 Å². The van der Waals surface area contributed by atoms with Crippen molar-refractivity contribution < 1.29 is 23.9 Å². The first-order valence-electron chi connectivity index (χ1n) is 13.3. The van der Waals surface area contributed by atoms with Crippen molar-refractivity contribution in [1.82, 2.24) is 10.2 Å². The molecule has 3 aliphatic heterocycles. The number of methoxy groups -OCH3 is 1. The standard InChI is InChI=1S/C28H36ClN3O5/c1-16-6-4-7-20(17(16)2)31-26(34)24-28-13-12-21(37-28)22(23(28)27(35)32(24)14-5-15-36-3)25(33)30-19-10-8-18(29)9-11-19/h8-13,16-17,20-24H,4-7,14-15H2,1-3H3,(H,30,33)(H,31,34)/t16?,17?,20?,21-,22?,23-,24?,28?/m1/s1. The topological polar surface area (TPSA) is 97.0 Å². The lowest BCUT2D eigenvalue weighted by Gasteiger charge is -2.38. The van der Waals surface area contributed by atoms with Gasteiger partial charge in [-0.25, -0.2) is 0 Å². The van der Waals surface area contributed by atoms with E-state index in [1.165, 1.54) is 0 Å². The predicted octanol–water partition coefficient (Wildman–Crippen LogP) is 3.41. The number of nitrogens with zero attached hydrogens (tertiary/aromatic N) is 1. The average molecular weight is 530 g/mol. The highest BCUT2D eigenvalue weighted by molar-refractivity contribution is 6.30. The van der Waals surface area contributed by atoms with Gasteiger partial charge in [0.15, 0.2) is 0 Å². The van der Waals surface area contributed by atoms with Crippen LogP contribution >= 0.6 is 11.6 Å². The van der Waals surface area contributed by atoms with Gasteiger partial charge in [-0.15, -0.1) is 0 Å². The first-order valence-corrected chi connectivity index (χ1v) is 13.7. The molecule has 2 N–H and O–H groups in total. The average Bonchev–Trinajstić information content (AvgIpc) is 3.51. The number of ether oxygens (including phenoxy) is 2. The fraction of sp³-hybridized carbons (Fsp3) is 0.607. The molecule has 2 saturated heterocycles. The third kappa shape index (κ3) is 4.57. The summed E-state index contributed by atoms with van der Waals surface area (Å²) in [5.74, 6) is -1.36. The van der Waals surface area contributed by atoms with Gasteiger partial charge >= 0.3 is 0 Å². The molecule has 6 unspecified atom stereocenters. The molecule has 2 bridgehead atoms. The van der Waals surface area contributed by atoms with Crippen molar-refractivity contribution >= 4 is 35.0 Å². The molecule has 3 amide bonds. The van der Waals surface area contributed by atoms with Crippen molar-refractivity contribution in [2.45, 2.75) is 63.3 Å². The van der Waals surface area contributed by atoms with Crippen LogP contribution in [0, 0.1) is 23.7 Å². The molecule has 200 valence electrons. The SMILES string of the molecule is COCCCN1C(=O)[C@H]2C(C(=O)Nc3ccc(Cl)cc3)[C@H]3C=CC2(O3)C1C(=O)NC1CCCC(C)C1C. The number of carbonyl (C=O) groups excluding carboxylic acids is 3. The second-order valence-electron chi connectivity index (χ2n) is 11.0. The number of hydrogen-bond donors (Lipinski definition) is 2. The summed E-state index contributed by atoms with van der Waals surface area (Å²) in [6.45, 7) is 5.22. The van der Waals surface area contributed by atoms with E-state index in [1.807, 2.05) is 12.2 Å². The van der Waals surface area contributed by atoms with Gasteiger partial charge in [0.1, 0.15) is 11.6 Å². The van der Waals surface area contributed by atoms with E-state index in [1.54, 1.807) is 36.3 Å². The van der Waals surface area contributed by atoms with Gasteiger partial charge < -0.3 is 25.0 Å². The Morgan fingerprint density at radius 3 is 2.68 bits per heavy atom. The maximum absolute atomic E-state index is 13.9. The van der Waals surface area contributed by atoms with Crippen molar-refractivity contribution in [1.29, 1.82) is 0 Å². The molecule has 3 heterocycles. The number of hydrogen-bond acceptors (Lipinski definition) is 5. The van der Waals surface area contributed by atoms with Crippen molar-refractivity contribution in [3.63, 3.8) is 0 Å². The van der Waals surface area contributed by atoms with Crippen LogP contribution in [0.15, 0.2) is 36.4 Å². The van der Waals surface area contributed by atoms with Crippen LogP contribution in [0.2, 0.25) is 5.02 Å². The zero-order valence-electron chi connectivity index (χ0n) is 21.6.